The number of likely N-dealkylation sites (N-methyl/N-ethyl adjacent to an activating group) is 1. The van der Waals surface area contributed by atoms with Gasteiger partial charge in [-0.05, 0) is 71.9 Å². The minimum atomic E-state index is -3.76. The normalized spacial score (nSPS) is 18.2. The zero-order chi connectivity index (χ0) is 44.6. The summed E-state index contributed by atoms with van der Waals surface area (Å²) in [6, 6.07) is 7.04. The van der Waals surface area contributed by atoms with Gasteiger partial charge in [0.05, 0.1) is 6.04 Å². The Labute approximate surface area is 358 Å². The molecule has 0 radical (unpaired) electrons. The van der Waals surface area contributed by atoms with Gasteiger partial charge in [-0.3, -0.25) is 19.2 Å². The zero-order valence-electron chi connectivity index (χ0n) is 36.1. The first kappa shape index (κ1) is 48.1. The van der Waals surface area contributed by atoms with Crippen LogP contribution in [0.1, 0.15) is 98.1 Å². The van der Waals surface area contributed by atoms with E-state index in [9.17, 15) is 37.2 Å². The van der Waals surface area contributed by atoms with Gasteiger partial charge in [0, 0.05) is 45.3 Å². The third-order valence-corrected chi connectivity index (χ3v) is 14.1. The smallest absolute Gasteiger partial charge is 0.407 e. The number of carbonyl (C=O) groups excluding carboxylic acids is 5. The maximum atomic E-state index is 14.0. The molecule has 18 heteroatoms. The van der Waals surface area contributed by atoms with Crippen LogP contribution in [0, 0.1) is 10.8 Å². The van der Waals surface area contributed by atoms with E-state index in [0.717, 1.165) is 36.2 Å². The van der Waals surface area contributed by atoms with Crippen molar-refractivity contribution in [2.75, 3.05) is 26.7 Å². The van der Waals surface area contributed by atoms with Gasteiger partial charge < -0.3 is 36.2 Å². The number of fused-ring (bicyclic) bond motifs is 1. The van der Waals surface area contributed by atoms with Crippen molar-refractivity contribution in [2.45, 2.75) is 134 Å². The number of likely N-dealkylation sites (tertiary alicyclic amines) is 1. The molecule has 60 heavy (non-hydrogen) atoms. The number of carboxylic acid groups (broad SMARTS) is 1. The molecule has 5 rings (SSSR count). The van der Waals surface area contributed by atoms with Crippen LogP contribution >= 0.6 is 11.3 Å². The first-order valence-electron chi connectivity index (χ1n) is 20.6. The van der Waals surface area contributed by atoms with Crippen LogP contribution in [0.25, 0.3) is 0 Å². The molecule has 4 atom stereocenters. The van der Waals surface area contributed by atoms with Gasteiger partial charge in [0.1, 0.15) is 16.3 Å². The predicted octanol–water partition coefficient (Wildman–Crippen LogP) is 4.34. The molecule has 0 bridgehead atoms. The largest absolute Gasteiger partial charge is 0.465 e. The highest BCUT2D eigenvalue weighted by molar-refractivity contribution is 7.91. The van der Waals surface area contributed by atoms with Crippen molar-refractivity contribution >= 4 is 57.0 Å². The van der Waals surface area contributed by atoms with Gasteiger partial charge >= 0.3 is 12.1 Å². The minimum absolute atomic E-state index is 0.00399. The quantitative estimate of drug-likeness (QED) is 0.171. The first-order valence-corrected chi connectivity index (χ1v) is 22.9. The number of urea groups is 1. The van der Waals surface area contributed by atoms with E-state index in [1.54, 1.807) is 32.2 Å². The second-order valence-corrected chi connectivity index (χ2v) is 21.1. The molecule has 3 aliphatic rings. The number of nitrogens with one attached hydrogen (secondary N) is 4. The SMILES string of the molecule is CCCC(NC(=O)C1CCCN1C(=O)[C@@H](NC(=O)NC(CN(C)S(=O)(=O)c1cccs1)C(C)(C)C)C(C)(C)C)C(=O)C(=O)NC1CC1.O=C(O)N1CCc2ccccc2C1. The number of carbonyl (C=O) groups is 6. The van der Waals surface area contributed by atoms with Crippen LogP contribution in [-0.4, -0.2) is 120 Å². The molecule has 5 N–H and O–H groups in total. The number of hydrogen-bond donors (Lipinski definition) is 5. The molecule has 1 saturated carbocycles. The summed E-state index contributed by atoms with van der Waals surface area (Å²) in [7, 11) is -2.30. The number of thiophene rings is 1. The van der Waals surface area contributed by atoms with Crippen molar-refractivity contribution in [3.05, 3.63) is 52.9 Å². The number of rotatable bonds is 14. The fraction of sp³-hybridized carbons (Fsp3) is 0.619. The summed E-state index contributed by atoms with van der Waals surface area (Å²) in [5, 5.41) is 21.6. The molecule has 6 amide bonds. The van der Waals surface area contributed by atoms with Gasteiger partial charge in [0.15, 0.2) is 0 Å². The standard InChI is InChI=1S/C32H52N6O7S2.C10H11NO2/c1-9-12-21(25(39)28(41)33-20-15-16-20)34-27(40)22-13-10-17-38(22)29(42)26(32(5,6)7)36-30(43)35-23(31(2,3)4)19-37(8)47(44,45)24-14-11-18-46-24;12-10(13)11-6-5-8-3-1-2-4-9(8)7-11/h11,14,18,20-23,26H,9-10,12-13,15-17,19H2,1-8H3,(H,33,41)(H,34,40)(H2,35,36,43);1-4H,5-7H2,(H,12,13)/t21?,22?,23?,26-;/m1./s1. The first-order chi connectivity index (χ1) is 28.0. The number of ketones is 1. The zero-order valence-corrected chi connectivity index (χ0v) is 37.7. The van der Waals surface area contributed by atoms with Crippen molar-refractivity contribution in [3.8, 4) is 0 Å². The summed E-state index contributed by atoms with van der Waals surface area (Å²) in [4.78, 5) is 79.9. The summed E-state index contributed by atoms with van der Waals surface area (Å²) in [6.45, 7) is 14.4. The van der Waals surface area contributed by atoms with E-state index in [-0.39, 0.29) is 29.8 Å². The second kappa shape index (κ2) is 20.3. The number of hydrogen-bond acceptors (Lipinski definition) is 9. The molecule has 3 heterocycles. The molecule has 1 aromatic heterocycles. The Morgan fingerprint density at radius 2 is 1.57 bits per heavy atom. The van der Waals surface area contributed by atoms with Crippen LogP contribution in [0.5, 0.6) is 0 Å². The van der Waals surface area contributed by atoms with Gasteiger partial charge in [0.2, 0.25) is 17.6 Å². The fourth-order valence-electron chi connectivity index (χ4n) is 7.03. The average molecular weight is 874 g/mol. The Morgan fingerprint density at radius 3 is 2.13 bits per heavy atom. The third-order valence-electron chi connectivity index (χ3n) is 10.9. The van der Waals surface area contributed by atoms with E-state index >= 15 is 0 Å². The molecule has 1 saturated heterocycles. The van der Waals surface area contributed by atoms with Gasteiger partial charge in [-0.1, -0.05) is 85.2 Å². The lowest BCUT2D eigenvalue weighted by atomic mass is 9.85. The predicted molar refractivity (Wildman–Crippen MR) is 229 cm³/mol. The summed E-state index contributed by atoms with van der Waals surface area (Å²) in [5.74, 6) is -2.37. The van der Waals surface area contributed by atoms with E-state index in [4.69, 9.17) is 5.11 Å². The van der Waals surface area contributed by atoms with Crippen molar-refractivity contribution in [2.24, 2.45) is 10.8 Å². The van der Waals surface area contributed by atoms with Crippen LogP contribution in [-0.2, 0) is 42.2 Å². The lowest BCUT2D eigenvalue weighted by molar-refractivity contribution is -0.143. The van der Waals surface area contributed by atoms with E-state index in [2.05, 4.69) is 27.3 Å². The molecule has 1 aromatic carbocycles. The van der Waals surface area contributed by atoms with Crippen LogP contribution in [0.4, 0.5) is 9.59 Å². The maximum absolute atomic E-state index is 14.0. The van der Waals surface area contributed by atoms with Crippen molar-refractivity contribution in [1.29, 1.82) is 0 Å². The molecular formula is C42H63N7O9S2. The highest BCUT2D eigenvalue weighted by atomic mass is 32.2. The lowest BCUT2D eigenvalue weighted by Crippen LogP contribution is -2.61. The van der Waals surface area contributed by atoms with E-state index in [1.807, 2.05) is 45.9 Å². The number of nitrogens with zero attached hydrogens (tertiary/aromatic N) is 3. The molecule has 16 nitrogen and oxygen atoms in total. The van der Waals surface area contributed by atoms with E-state index in [1.165, 1.54) is 32.8 Å². The maximum Gasteiger partial charge on any atom is 0.407 e. The van der Waals surface area contributed by atoms with E-state index in [0.29, 0.717) is 32.4 Å². The topological polar surface area (TPSA) is 215 Å². The fourth-order valence-corrected chi connectivity index (χ4v) is 9.42. The minimum Gasteiger partial charge on any atom is -0.465 e. The number of amides is 6. The molecule has 332 valence electrons. The van der Waals surface area contributed by atoms with E-state index < -0.39 is 80.6 Å². The molecule has 2 fully saturated rings. The summed E-state index contributed by atoms with van der Waals surface area (Å²) in [5.41, 5.74) is 1.12. The average Bonchev–Trinajstić information content (AvgIpc) is 3.58. The number of sulfonamides is 1. The second-order valence-electron chi connectivity index (χ2n) is 17.9. The van der Waals surface area contributed by atoms with Crippen LogP contribution in [0.15, 0.2) is 46.0 Å². The Morgan fingerprint density at radius 1 is 0.900 bits per heavy atom. The van der Waals surface area contributed by atoms with Gasteiger partial charge in [0.25, 0.3) is 15.9 Å². The number of Topliss-reactive ketones (excluding diaryl/α,β-unsaturated/α-hetero) is 1. The highest BCUT2D eigenvalue weighted by Crippen LogP contribution is 2.28. The summed E-state index contributed by atoms with van der Waals surface area (Å²) < 4.78 is 27.6. The summed E-state index contributed by atoms with van der Waals surface area (Å²) >= 11 is 1.11. The van der Waals surface area contributed by atoms with Crippen molar-refractivity contribution < 1.29 is 42.3 Å². The van der Waals surface area contributed by atoms with Crippen LogP contribution in [0.3, 0.4) is 0 Å². The molecular weight excluding hydrogens is 811 g/mol. The van der Waals surface area contributed by atoms with Crippen LogP contribution in [0.2, 0.25) is 0 Å². The van der Waals surface area contributed by atoms with Gasteiger partial charge in [-0.25, -0.2) is 18.0 Å². The Balaban J connectivity index is 0.000000512. The molecule has 0 spiro atoms. The lowest BCUT2D eigenvalue weighted by Gasteiger charge is -2.37. The van der Waals surface area contributed by atoms with Crippen molar-refractivity contribution in [3.63, 3.8) is 0 Å². The molecule has 2 aromatic rings. The highest BCUT2D eigenvalue weighted by Gasteiger charge is 2.43. The van der Waals surface area contributed by atoms with Crippen LogP contribution < -0.4 is 21.3 Å². The van der Waals surface area contributed by atoms with Gasteiger partial charge in [-0.15, -0.1) is 11.3 Å². The summed E-state index contributed by atoms with van der Waals surface area (Å²) in [6.07, 6.45) is 3.45. The van der Waals surface area contributed by atoms with Crippen molar-refractivity contribution in [1.82, 2.24) is 35.4 Å². The molecule has 3 unspecified atom stereocenters. The molecule has 1 aliphatic carbocycles. The Hall–Kier alpha value is -4.55. The molecule has 2 aliphatic heterocycles. The third kappa shape index (κ3) is 13.0. The number of benzene rings is 1. The Bertz CT molecular complexity index is 1960. The monoisotopic (exact) mass is 873 g/mol. The Kier molecular flexibility index (Phi) is 16.3. The van der Waals surface area contributed by atoms with Gasteiger partial charge in [-0.2, -0.15) is 4.31 Å².